The number of hydrogen-bond donors (Lipinski definition) is 7. The summed E-state index contributed by atoms with van der Waals surface area (Å²) in [4.78, 5) is 47.5. The first-order valence-electron chi connectivity index (χ1n) is 10.7. The van der Waals surface area contributed by atoms with E-state index in [2.05, 4.69) is 21.3 Å². The van der Waals surface area contributed by atoms with E-state index in [1.165, 1.54) is 11.8 Å². The van der Waals surface area contributed by atoms with Gasteiger partial charge in [-0.2, -0.15) is 0 Å². The van der Waals surface area contributed by atoms with E-state index in [1.54, 1.807) is 0 Å². The molecule has 0 rings (SSSR count). The Balaban J connectivity index is 4.93. The fourth-order valence-electron chi connectivity index (χ4n) is 2.71. The van der Waals surface area contributed by atoms with Gasteiger partial charge in [0.1, 0.15) is 6.04 Å². The van der Waals surface area contributed by atoms with E-state index in [9.17, 15) is 24.3 Å². The van der Waals surface area contributed by atoms with Gasteiger partial charge in [0.05, 0.1) is 17.5 Å². The quantitative estimate of drug-likeness (QED) is 0.137. The van der Waals surface area contributed by atoms with E-state index >= 15 is 0 Å². The molecule has 0 bridgehead atoms. The highest BCUT2D eigenvalue weighted by atomic mass is 32.2. The predicted molar refractivity (Wildman–Crippen MR) is 124 cm³/mol. The smallest absolute Gasteiger partial charge is 0.326 e. The maximum atomic E-state index is 12.6. The first kappa shape index (κ1) is 30.1. The van der Waals surface area contributed by atoms with Crippen molar-refractivity contribution in [3.8, 4) is 0 Å². The van der Waals surface area contributed by atoms with Gasteiger partial charge >= 0.3 is 11.9 Å². The lowest BCUT2D eigenvalue weighted by atomic mass is 10.0. The Labute approximate surface area is 194 Å². The summed E-state index contributed by atoms with van der Waals surface area (Å²) in [7, 11) is 0. The number of carbonyl (C=O) groups excluding carboxylic acids is 2. The van der Waals surface area contributed by atoms with Crippen LogP contribution >= 0.6 is 11.8 Å². The maximum absolute atomic E-state index is 12.6. The maximum Gasteiger partial charge on any atom is 0.326 e. The van der Waals surface area contributed by atoms with Crippen LogP contribution in [0.2, 0.25) is 0 Å². The van der Waals surface area contributed by atoms with Gasteiger partial charge < -0.3 is 26.6 Å². The van der Waals surface area contributed by atoms with E-state index in [1.807, 2.05) is 34.0 Å². The monoisotopic (exact) mass is 477 g/mol. The third kappa shape index (κ3) is 12.2. The molecule has 0 fully saturated rings. The molecule has 0 radical (unpaired) electrons. The number of nitrogens with one attached hydrogen (secondary N) is 4. The lowest BCUT2D eigenvalue weighted by molar-refractivity contribution is -0.143. The fraction of sp³-hybridized carbons (Fsp3) is 0.800. The highest BCUT2D eigenvalue weighted by Gasteiger charge is 2.28. The van der Waals surface area contributed by atoms with Crippen molar-refractivity contribution in [1.82, 2.24) is 21.3 Å². The zero-order valence-electron chi connectivity index (χ0n) is 19.6. The fourth-order valence-corrected chi connectivity index (χ4v) is 3.01. The van der Waals surface area contributed by atoms with Crippen LogP contribution in [0.25, 0.3) is 0 Å². The highest BCUT2D eigenvalue weighted by Crippen LogP contribution is 2.09. The molecule has 2 amide bonds. The Morgan fingerprint density at radius 3 is 2.12 bits per heavy atom. The van der Waals surface area contributed by atoms with Crippen molar-refractivity contribution in [2.75, 3.05) is 19.3 Å². The minimum atomic E-state index is -1.25. The molecule has 0 aliphatic rings. The summed E-state index contributed by atoms with van der Waals surface area (Å²) in [5.74, 6) is -3.24. The third-order valence-electron chi connectivity index (χ3n) is 5.10. The molecular formula is C20H39N5O6S. The van der Waals surface area contributed by atoms with Gasteiger partial charge in [-0.1, -0.05) is 6.92 Å². The van der Waals surface area contributed by atoms with Crippen molar-refractivity contribution in [3.05, 3.63) is 0 Å². The minimum Gasteiger partial charge on any atom is -0.481 e. The molecule has 0 spiro atoms. The van der Waals surface area contributed by atoms with Crippen molar-refractivity contribution in [2.24, 2.45) is 5.73 Å². The van der Waals surface area contributed by atoms with Crippen LogP contribution in [-0.2, 0) is 19.2 Å². The molecule has 8 N–H and O–H groups in total. The number of rotatable bonds is 17. The number of hydrogen-bond acceptors (Lipinski definition) is 8. The second-order valence-electron chi connectivity index (χ2n) is 8.18. The van der Waals surface area contributed by atoms with Gasteiger partial charge in [0.25, 0.3) is 0 Å². The first-order chi connectivity index (χ1) is 14.9. The van der Waals surface area contributed by atoms with E-state index in [0.717, 1.165) is 6.42 Å². The van der Waals surface area contributed by atoms with Gasteiger partial charge in [-0.25, -0.2) is 4.79 Å². The molecule has 11 nitrogen and oxygen atoms in total. The van der Waals surface area contributed by atoms with Crippen molar-refractivity contribution < 1.29 is 29.4 Å². The Kier molecular flexibility index (Phi) is 14.1. The van der Waals surface area contributed by atoms with E-state index < -0.39 is 36.0 Å². The molecule has 2 unspecified atom stereocenters. The Morgan fingerprint density at radius 1 is 1.03 bits per heavy atom. The standard InChI is InChI=1S/C20H39N5O6S/c1-6-20(3,4)25-15(11-21)17(28)22-10-9-14(19(30)31)24-18(29)13(7-8-16(26)27)23-12(2)32-5/h12-15,23,25H,6-11,21H2,1-5H3,(H,22,28)(H,24,29)(H,26,27)(H,30,31)/t12?,13-,14?,15-/m0/s1. The molecule has 0 aromatic heterocycles. The molecule has 0 aromatic rings. The van der Waals surface area contributed by atoms with E-state index in [0.29, 0.717) is 0 Å². The van der Waals surface area contributed by atoms with Gasteiger partial charge in [0.2, 0.25) is 11.8 Å². The highest BCUT2D eigenvalue weighted by molar-refractivity contribution is 7.99. The Bertz CT molecular complexity index is 634. The zero-order valence-corrected chi connectivity index (χ0v) is 20.4. The van der Waals surface area contributed by atoms with Crippen LogP contribution in [0.3, 0.4) is 0 Å². The minimum absolute atomic E-state index is 0.0200. The lowest BCUT2D eigenvalue weighted by Crippen LogP contribution is -2.56. The number of nitrogens with two attached hydrogens (primary N) is 1. The van der Waals surface area contributed by atoms with Crippen LogP contribution in [0.5, 0.6) is 0 Å². The van der Waals surface area contributed by atoms with E-state index in [4.69, 9.17) is 10.8 Å². The zero-order chi connectivity index (χ0) is 24.9. The molecule has 0 aliphatic carbocycles. The molecule has 0 aliphatic heterocycles. The summed E-state index contributed by atoms with van der Waals surface area (Å²) in [6.07, 6.45) is 2.37. The molecule has 12 heteroatoms. The van der Waals surface area contributed by atoms with Gasteiger partial charge in [0, 0.05) is 25.0 Å². The Morgan fingerprint density at radius 2 is 1.66 bits per heavy atom. The van der Waals surface area contributed by atoms with Crippen molar-refractivity contribution >= 4 is 35.5 Å². The normalized spacial score (nSPS) is 15.3. The average Bonchev–Trinajstić information content (AvgIpc) is 2.73. The van der Waals surface area contributed by atoms with Gasteiger partial charge in [-0.3, -0.25) is 25.0 Å². The summed E-state index contributed by atoms with van der Waals surface area (Å²) in [6, 6.07) is -2.72. The van der Waals surface area contributed by atoms with E-state index in [-0.39, 0.29) is 49.2 Å². The topological polar surface area (TPSA) is 183 Å². The molecular weight excluding hydrogens is 438 g/mol. The largest absolute Gasteiger partial charge is 0.481 e. The first-order valence-corrected chi connectivity index (χ1v) is 11.9. The van der Waals surface area contributed by atoms with Gasteiger partial charge in [-0.15, -0.1) is 11.8 Å². The van der Waals surface area contributed by atoms with Crippen LogP contribution in [-0.4, -0.2) is 82.3 Å². The van der Waals surface area contributed by atoms with Crippen LogP contribution in [0.1, 0.15) is 53.4 Å². The van der Waals surface area contributed by atoms with Crippen LogP contribution in [0.15, 0.2) is 0 Å². The Hall–Kier alpha value is -1.89. The van der Waals surface area contributed by atoms with Crippen molar-refractivity contribution in [3.63, 3.8) is 0 Å². The third-order valence-corrected chi connectivity index (χ3v) is 5.94. The number of carbonyl (C=O) groups is 4. The number of amides is 2. The van der Waals surface area contributed by atoms with Gasteiger partial charge in [-0.05, 0) is 46.3 Å². The predicted octanol–water partition coefficient (Wildman–Crippen LogP) is -0.300. The van der Waals surface area contributed by atoms with Gasteiger partial charge in [0.15, 0.2) is 0 Å². The molecule has 32 heavy (non-hydrogen) atoms. The number of carboxylic acid groups (broad SMARTS) is 2. The van der Waals surface area contributed by atoms with Crippen LogP contribution < -0.4 is 27.0 Å². The van der Waals surface area contributed by atoms with Crippen LogP contribution in [0, 0.1) is 0 Å². The van der Waals surface area contributed by atoms with Crippen molar-refractivity contribution in [1.29, 1.82) is 0 Å². The SMILES string of the molecule is CCC(C)(C)N[C@@H](CN)C(=O)NCCC(NC(=O)[C@H](CCC(=O)O)NC(C)SC)C(=O)O. The molecule has 0 aromatic carbocycles. The van der Waals surface area contributed by atoms with Crippen LogP contribution in [0.4, 0.5) is 0 Å². The second-order valence-corrected chi connectivity index (χ2v) is 9.36. The summed E-state index contributed by atoms with van der Waals surface area (Å²) < 4.78 is 0. The number of carboxylic acids is 2. The lowest BCUT2D eigenvalue weighted by Gasteiger charge is -2.30. The van der Waals surface area contributed by atoms with Crippen molar-refractivity contribution in [2.45, 2.75) is 82.4 Å². The molecule has 0 saturated heterocycles. The second kappa shape index (κ2) is 15.0. The summed E-state index contributed by atoms with van der Waals surface area (Å²) >= 11 is 1.44. The molecule has 186 valence electrons. The molecule has 0 heterocycles. The summed E-state index contributed by atoms with van der Waals surface area (Å²) in [6.45, 7) is 7.81. The average molecular weight is 478 g/mol. The molecule has 4 atom stereocenters. The molecule has 0 saturated carbocycles. The summed E-state index contributed by atoms with van der Waals surface area (Å²) in [5.41, 5.74) is 5.40. The number of thioether (sulfide) groups is 1. The summed E-state index contributed by atoms with van der Waals surface area (Å²) in [5, 5.41) is 29.5. The number of aliphatic carboxylic acids is 2.